The number of aromatic nitrogens is 2. The van der Waals surface area contributed by atoms with Crippen molar-refractivity contribution in [2.45, 2.75) is 0 Å². The van der Waals surface area contributed by atoms with E-state index in [4.69, 9.17) is 21.1 Å². The molecule has 0 unspecified atom stereocenters. The molecule has 0 radical (unpaired) electrons. The molecule has 1 amide bonds. The molecule has 2 heterocycles. The van der Waals surface area contributed by atoms with E-state index in [-0.39, 0.29) is 5.91 Å². The van der Waals surface area contributed by atoms with Gasteiger partial charge in [-0.15, -0.1) is 0 Å². The van der Waals surface area contributed by atoms with Gasteiger partial charge in [0.1, 0.15) is 19.0 Å². The average Bonchev–Trinajstić information content (AvgIpc) is 3.23. The van der Waals surface area contributed by atoms with Gasteiger partial charge in [-0.25, -0.2) is 4.98 Å². The van der Waals surface area contributed by atoms with Gasteiger partial charge in [0.15, 0.2) is 11.5 Å². The van der Waals surface area contributed by atoms with E-state index in [0.29, 0.717) is 52.4 Å². The number of nitrogens with zero attached hydrogens (tertiary/aromatic N) is 2. The summed E-state index contributed by atoms with van der Waals surface area (Å²) in [5.41, 5.74) is 4.61. The number of anilines is 2. The standard InChI is InChI=1S/C24H21ClN4O3/c1-29(2)16-5-7-19-20(13-16)28-23(27-19)17-12-15(4-6-18(17)25)26-24(30)14-3-8-21-22(11-14)32-10-9-31-21/h3-8,11-13H,9-10H2,1-2H3,(H,26,30)(H,27,28). The van der Waals surface area contributed by atoms with Crippen LogP contribution in [0.5, 0.6) is 11.5 Å². The Morgan fingerprint density at radius 3 is 2.66 bits per heavy atom. The number of aromatic amines is 1. The van der Waals surface area contributed by atoms with Crippen molar-refractivity contribution in [3.05, 3.63) is 65.2 Å². The zero-order valence-electron chi connectivity index (χ0n) is 17.6. The highest BCUT2D eigenvalue weighted by Gasteiger charge is 2.16. The third-order valence-electron chi connectivity index (χ3n) is 5.27. The van der Waals surface area contributed by atoms with E-state index in [1.807, 2.05) is 43.3 Å². The fourth-order valence-electron chi connectivity index (χ4n) is 3.58. The molecule has 1 aliphatic heterocycles. The van der Waals surface area contributed by atoms with Crippen molar-refractivity contribution in [1.82, 2.24) is 9.97 Å². The molecule has 3 aromatic carbocycles. The molecule has 1 aromatic heterocycles. The van der Waals surface area contributed by atoms with Crippen LogP contribution < -0.4 is 19.7 Å². The first-order valence-corrected chi connectivity index (χ1v) is 10.5. The number of nitrogens with one attached hydrogen (secondary N) is 2. The number of fused-ring (bicyclic) bond motifs is 2. The first-order chi connectivity index (χ1) is 15.5. The number of hydrogen-bond acceptors (Lipinski definition) is 5. The Balaban J connectivity index is 1.42. The summed E-state index contributed by atoms with van der Waals surface area (Å²) in [4.78, 5) is 22.8. The molecule has 0 aliphatic carbocycles. The molecule has 0 saturated carbocycles. The molecular weight excluding hydrogens is 428 g/mol. The van der Waals surface area contributed by atoms with E-state index in [1.165, 1.54) is 0 Å². The zero-order valence-corrected chi connectivity index (χ0v) is 18.4. The van der Waals surface area contributed by atoms with E-state index in [1.54, 1.807) is 30.3 Å². The number of imidazole rings is 1. The fourth-order valence-corrected chi connectivity index (χ4v) is 3.78. The minimum Gasteiger partial charge on any atom is -0.486 e. The summed E-state index contributed by atoms with van der Waals surface area (Å²) in [6.45, 7) is 0.969. The molecule has 32 heavy (non-hydrogen) atoms. The van der Waals surface area contributed by atoms with Gasteiger partial charge >= 0.3 is 0 Å². The lowest BCUT2D eigenvalue weighted by Crippen LogP contribution is -2.17. The molecule has 4 aromatic rings. The Bertz CT molecular complexity index is 1330. The van der Waals surface area contributed by atoms with Crippen LogP contribution >= 0.6 is 11.6 Å². The summed E-state index contributed by atoms with van der Waals surface area (Å²) < 4.78 is 11.1. The van der Waals surface area contributed by atoms with Crippen molar-refractivity contribution in [3.63, 3.8) is 0 Å². The van der Waals surface area contributed by atoms with Crippen molar-refractivity contribution in [3.8, 4) is 22.9 Å². The van der Waals surface area contributed by atoms with Crippen molar-refractivity contribution in [2.75, 3.05) is 37.5 Å². The Kier molecular flexibility index (Phi) is 5.11. The van der Waals surface area contributed by atoms with Crippen LogP contribution in [0.3, 0.4) is 0 Å². The number of H-pyrrole nitrogens is 1. The Morgan fingerprint density at radius 2 is 1.84 bits per heavy atom. The third kappa shape index (κ3) is 3.83. The van der Waals surface area contributed by atoms with E-state index >= 15 is 0 Å². The van der Waals surface area contributed by atoms with Crippen LogP contribution in [0, 0.1) is 0 Å². The third-order valence-corrected chi connectivity index (χ3v) is 5.60. The zero-order chi connectivity index (χ0) is 22.2. The van der Waals surface area contributed by atoms with E-state index in [2.05, 4.69) is 15.3 Å². The summed E-state index contributed by atoms with van der Waals surface area (Å²) in [5.74, 6) is 1.59. The molecular formula is C24H21ClN4O3. The van der Waals surface area contributed by atoms with Crippen LogP contribution in [0.25, 0.3) is 22.4 Å². The highest BCUT2D eigenvalue weighted by molar-refractivity contribution is 6.33. The van der Waals surface area contributed by atoms with Crippen LogP contribution in [0.15, 0.2) is 54.6 Å². The largest absolute Gasteiger partial charge is 0.486 e. The number of rotatable bonds is 4. The van der Waals surface area contributed by atoms with Crippen molar-refractivity contribution >= 4 is 39.9 Å². The van der Waals surface area contributed by atoms with E-state index < -0.39 is 0 Å². The summed E-state index contributed by atoms with van der Waals surface area (Å²) >= 11 is 6.46. The monoisotopic (exact) mass is 448 g/mol. The highest BCUT2D eigenvalue weighted by atomic mass is 35.5. The molecule has 8 heteroatoms. The maximum absolute atomic E-state index is 12.8. The van der Waals surface area contributed by atoms with Crippen molar-refractivity contribution in [1.29, 1.82) is 0 Å². The topological polar surface area (TPSA) is 79.5 Å². The average molecular weight is 449 g/mol. The molecule has 7 nitrogen and oxygen atoms in total. The molecule has 0 bridgehead atoms. The van der Waals surface area contributed by atoms with Gasteiger partial charge < -0.3 is 24.7 Å². The number of halogens is 1. The lowest BCUT2D eigenvalue weighted by Gasteiger charge is -2.18. The predicted molar refractivity (Wildman–Crippen MR) is 126 cm³/mol. The number of carbonyl (C=O) groups is 1. The van der Waals surface area contributed by atoms with E-state index in [9.17, 15) is 4.79 Å². The molecule has 5 rings (SSSR count). The fraction of sp³-hybridized carbons (Fsp3) is 0.167. The van der Waals surface area contributed by atoms with Gasteiger partial charge in [0, 0.05) is 36.6 Å². The van der Waals surface area contributed by atoms with Crippen molar-refractivity contribution < 1.29 is 14.3 Å². The smallest absolute Gasteiger partial charge is 0.255 e. The van der Waals surface area contributed by atoms with Crippen LogP contribution in [-0.2, 0) is 0 Å². The molecule has 1 aliphatic rings. The summed E-state index contributed by atoms with van der Waals surface area (Å²) in [7, 11) is 3.98. The van der Waals surface area contributed by atoms with Gasteiger partial charge in [-0.1, -0.05) is 11.6 Å². The number of benzene rings is 3. The van der Waals surface area contributed by atoms with Crippen molar-refractivity contribution in [2.24, 2.45) is 0 Å². The summed E-state index contributed by atoms with van der Waals surface area (Å²) in [6, 6.07) is 16.5. The second kappa shape index (κ2) is 8.09. The predicted octanol–water partition coefficient (Wildman–Crippen LogP) is 4.97. The van der Waals surface area contributed by atoms with Gasteiger partial charge in [0.2, 0.25) is 0 Å². The Hall–Kier alpha value is -3.71. The SMILES string of the molecule is CN(C)c1ccc2nc(-c3cc(NC(=O)c4ccc5c(c4)OCCO5)ccc3Cl)[nH]c2c1. The van der Waals surface area contributed by atoms with Gasteiger partial charge in [-0.05, 0) is 54.6 Å². The van der Waals surface area contributed by atoms with Crippen LogP contribution in [0.4, 0.5) is 11.4 Å². The van der Waals surface area contributed by atoms with Gasteiger partial charge in [-0.3, -0.25) is 4.79 Å². The van der Waals surface area contributed by atoms with Gasteiger partial charge in [0.25, 0.3) is 5.91 Å². The molecule has 2 N–H and O–H groups in total. The number of hydrogen-bond donors (Lipinski definition) is 2. The number of amides is 1. The highest BCUT2D eigenvalue weighted by Crippen LogP contribution is 2.33. The second-order valence-electron chi connectivity index (χ2n) is 7.69. The maximum Gasteiger partial charge on any atom is 0.255 e. The first-order valence-electron chi connectivity index (χ1n) is 10.2. The minimum atomic E-state index is -0.254. The number of carbonyl (C=O) groups excluding carboxylic acids is 1. The summed E-state index contributed by atoms with van der Waals surface area (Å²) in [5, 5.41) is 3.45. The van der Waals surface area contributed by atoms with E-state index in [0.717, 1.165) is 16.7 Å². The molecule has 0 fully saturated rings. The lowest BCUT2D eigenvalue weighted by molar-refractivity contribution is 0.102. The number of ether oxygens (including phenoxy) is 2. The normalized spacial score (nSPS) is 12.6. The molecule has 0 atom stereocenters. The Labute approximate surface area is 189 Å². The van der Waals surface area contributed by atoms with Crippen LogP contribution in [0.2, 0.25) is 5.02 Å². The summed E-state index contributed by atoms with van der Waals surface area (Å²) in [6.07, 6.45) is 0. The Morgan fingerprint density at radius 1 is 1.03 bits per heavy atom. The van der Waals surface area contributed by atoms with Gasteiger partial charge in [0.05, 0.1) is 16.1 Å². The maximum atomic E-state index is 12.8. The second-order valence-corrected chi connectivity index (χ2v) is 8.10. The van der Waals surface area contributed by atoms with Gasteiger partial charge in [-0.2, -0.15) is 0 Å². The van der Waals surface area contributed by atoms with Crippen LogP contribution in [-0.4, -0.2) is 43.2 Å². The molecule has 0 spiro atoms. The van der Waals surface area contributed by atoms with Crippen LogP contribution in [0.1, 0.15) is 10.4 Å². The first kappa shape index (κ1) is 20.2. The molecule has 162 valence electrons. The quantitative estimate of drug-likeness (QED) is 0.460. The minimum absolute atomic E-state index is 0.254. The lowest BCUT2D eigenvalue weighted by atomic mass is 10.1. The molecule has 0 saturated heterocycles.